The Bertz CT molecular complexity index is 1330. The maximum Gasteiger partial charge on any atom is 0.323 e. The van der Waals surface area contributed by atoms with Gasteiger partial charge in [-0.15, -0.1) is 5.10 Å². The summed E-state index contributed by atoms with van der Waals surface area (Å²) in [5.74, 6) is 1.33. The van der Waals surface area contributed by atoms with Gasteiger partial charge in [0.05, 0.1) is 6.04 Å². The van der Waals surface area contributed by atoms with E-state index < -0.39 is 0 Å². The highest BCUT2D eigenvalue weighted by Crippen LogP contribution is 2.26. The lowest BCUT2D eigenvalue weighted by Crippen LogP contribution is -2.39. The molecule has 0 spiro atoms. The van der Waals surface area contributed by atoms with Crippen molar-refractivity contribution >= 4 is 40.5 Å². The van der Waals surface area contributed by atoms with Gasteiger partial charge >= 0.3 is 6.03 Å². The Kier molecular flexibility index (Phi) is 8.55. The number of likely N-dealkylation sites (N-methyl/N-ethyl adjacent to an activating group) is 1. The zero-order chi connectivity index (χ0) is 25.6. The van der Waals surface area contributed by atoms with Crippen LogP contribution in [0.15, 0.2) is 84.2 Å². The Balaban J connectivity index is 0.00000336. The molecule has 1 atom stereocenters. The van der Waals surface area contributed by atoms with Crippen molar-refractivity contribution < 1.29 is 14.3 Å². The zero-order valence-corrected chi connectivity index (χ0v) is 21.0. The minimum Gasteiger partial charge on any atom is -0.457 e. The highest BCUT2D eigenvalue weighted by atomic mass is 32.1. The quantitative estimate of drug-likeness (QED) is 0.306. The van der Waals surface area contributed by atoms with Crippen LogP contribution in [0.1, 0.15) is 24.3 Å². The number of anilines is 3. The summed E-state index contributed by atoms with van der Waals surface area (Å²) in [5.41, 5.74) is 2.77. The van der Waals surface area contributed by atoms with Gasteiger partial charge in [-0.05, 0) is 78.6 Å². The van der Waals surface area contributed by atoms with Gasteiger partial charge in [0.15, 0.2) is 5.69 Å². The Labute approximate surface area is 226 Å². The Morgan fingerprint density at radius 2 is 1.58 bits per heavy atom. The van der Waals surface area contributed by atoms with E-state index in [1.807, 2.05) is 61.6 Å². The second-order valence-corrected chi connectivity index (χ2v) is 9.27. The smallest absolute Gasteiger partial charge is 0.323 e. The summed E-state index contributed by atoms with van der Waals surface area (Å²) in [6.07, 6.45) is 0.872. The van der Waals surface area contributed by atoms with Gasteiger partial charge in [-0.3, -0.25) is 4.79 Å². The number of nitrogens with one attached hydrogen (secondary N) is 2. The first-order valence-corrected chi connectivity index (χ1v) is 12.7. The molecular weight excluding hydrogens is 500 g/mol. The lowest BCUT2D eigenvalue weighted by atomic mass is 10.2. The van der Waals surface area contributed by atoms with Gasteiger partial charge in [0, 0.05) is 42.6 Å². The van der Waals surface area contributed by atoms with Gasteiger partial charge in [-0.25, -0.2) is 4.79 Å². The van der Waals surface area contributed by atoms with Gasteiger partial charge < -0.3 is 25.2 Å². The highest BCUT2D eigenvalue weighted by molar-refractivity contribution is 7.03. The second-order valence-electron chi connectivity index (χ2n) is 8.66. The number of nitrogens with zero attached hydrogens (tertiary/aromatic N) is 4. The normalized spacial score (nSPS) is 14.3. The molecule has 2 heterocycles. The van der Waals surface area contributed by atoms with Crippen molar-refractivity contribution in [2.24, 2.45) is 0 Å². The van der Waals surface area contributed by atoms with Crippen molar-refractivity contribution in [3.8, 4) is 11.5 Å². The number of carbonyl (C=O) groups is 2. The third kappa shape index (κ3) is 6.46. The Morgan fingerprint density at radius 3 is 2.21 bits per heavy atom. The second kappa shape index (κ2) is 12.2. The number of rotatable bonds is 7. The van der Waals surface area contributed by atoms with Crippen LogP contribution in [0, 0.1) is 0 Å². The van der Waals surface area contributed by atoms with Crippen LogP contribution >= 0.6 is 11.5 Å². The number of para-hydroxylation sites is 1. The molecule has 196 valence electrons. The zero-order valence-electron chi connectivity index (χ0n) is 20.2. The predicted molar refractivity (Wildman–Crippen MR) is 151 cm³/mol. The molecule has 0 bridgehead atoms. The van der Waals surface area contributed by atoms with Crippen LogP contribution in [-0.2, 0) is 0 Å². The molecule has 3 aromatic carbocycles. The molecule has 9 nitrogen and oxygen atoms in total. The number of ether oxygens (including phenoxy) is 1. The van der Waals surface area contributed by atoms with E-state index in [1.54, 1.807) is 34.5 Å². The van der Waals surface area contributed by atoms with Crippen molar-refractivity contribution in [3.63, 3.8) is 0 Å². The minimum atomic E-state index is -0.331. The lowest BCUT2D eigenvalue weighted by molar-refractivity contribution is 0.0739. The molecule has 1 unspecified atom stereocenters. The molecule has 38 heavy (non-hydrogen) atoms. The van der Waals surface area contributed by atoms with E-state index in [1.165, 1.54) is 11.5 Å². The van der Waals surface area contributed by atoms with Crippen molar-refractivity contribution in [1.82, 2.24) is 14.5 Å². The molecule has 1 saturated heterocycles. The summed E-state index contributed by atoms with van der Waals surface area (Å²) in [7, 11) is 1.81. The van der Waals surface area contributed by atoms with E-state index >= 15 is 0 Å². The summed E-state index contributed by atoms with van der Waals surface area (Å²) in [6.45, 7) is 1.58. The van der Waals surface area contributed by atoms with Crippen LogP contribution in [0.4, 0.5) is 21.9 Å². The standard InChI is InChI=1S/C27H26N6O3S.CH4/c1-32(26(34)25-18-37-31-30-25)22-15-16-33(17-22)21-11-7-19(8-12-21)28-27(35)29-20-9-13-24(14-10-20)36-23-5-3-2-4-6-23;/h2-14,18,22H,15-17H2,1H3,(H2,28,29,35);1H4. The SMILES string of the molecule is C.CN(C(=O)c1csnn1)C1CCN(c2ccc(NC(=O)Nc3ccc(Oc4ccccc4)cc3)cc2)C1. The van der Waals surface area contributed by atoms with E-state index in [2.05, 4.69) is 25.1 Å². The highest BCUT2D eigenvalue weighted by Gasteiger charge is 2.29. The number of urea groups is 1. The van der Waals surface area contributed by atoms with Gasteiger partial charge in [0.25, 0.3) is 5.91 Å². The van der Waals surface area contributed by atoms with Gasteiger partial charge in [0.2, 0.25) is 0 Å². The molecule has 0 aliphatic carbocycles. The van der Waals surface area contributed by atoms with Gasteiger partial charge in [-0.2, -0.15) is 0 Å². The summed E-state index contributed by atoms with van der Waals surface area (Å²) in [4.78, 5) is 29.0. The van der Waals surface area contributed by atoms with Crippen molar-refractivity contribution in [2.45, 2.75) is 19.9 Å². The van der Waals surface area contributed by atoms with Crippen LogP contribution < -0.4 is 20.3 Å². The molecule has 2 N–H and O–H groups in total. The molecular formula is C28H30N6O3S. The molecule has 0 radical (unpaired) electrons. The fourth-order valence-corrected chi connectivity index (χ4v) is 4.61. The predicted octanol–water partition coefficient (Wildman–Crippen LogP) is 5.96. The topological polar surface area (TPSA) is 99.7 Å². The Morgan fingerprint density at radius 1 is 0.947 bits per heavy atom. The third-order valence-corrected chi connectivity index (χ3v) is 6.70. The number of aromatic nitrogens is 2. The van der Waals surface area contributed by atoms with E-state index in [9.17, 15) is 9.59 Å². The molecule has 5 rings (SSSR count). The molecule has 0 saturated carbocycles. The first-order chi connectivity index (χ1) is 18.0. The first kappa shape index (κ1) is 26.6. The van der Waals surface area contributed by atoms with Crippen LogP contribution in [0.2, 0.25) is 0 Å². The fraction of sp³-hybridized carbons (Fsp3) is 0.214. The summed E-state index contributed by atoms with van der Waals surface area (Å²) < 4.78 is 9.56. The van der Waals surface area contributed by atoms with Crippen molar-refractivity contribution in [3.05, 3.63) is 89.9 Å². The summed E-state index contributed by atoms with van der Waals surface area (Å²) >= 11 is 1.17. The van der Waals surface area contributed by atoms with Crippen molar-refractivity contribution in [1.29, 1.82) is 0 Å². The fourth-order valence-electron chi connectivity index (χ4n) is 4.18. The van der Waals surface area contributed by atoms with Crippen LogP contribution in [0.3, 0.4) is 0 Å². The number of carbonyl (C=O) groups excluding carboxylic acids is 2. The summed E-state index contributed by atoms with van der Waals surface area (Å²) in [6, 6.07) is 24.2. The number of hydrogen-bond acceptors (Lipinski definition) is 7. The monoisotopic (exact) mass is 530 g/mol. The average molecular weight is 531 g/mol. The van der Waals surface area contributed by atoms with Gasteiger partial charge in [0.1, 0.15) is 11.5 Å². The molecule has 1 fully saturated rings. The van der Waals surface area contributed by atoms with E-state index in [0.717, 1.165) is 30.9 Å². The number of benzene rings is 3. The van der Waals surface area contributed by atoms with Crippen LogP contribution in [0.25, 0.3) is 0 Å². The number of amides is 3. The average Bonchev–Trinajstić information content (AvgIpc) is 3.63. The van der Waals surface area contributed by atoms with Crippen molar-refractivity contribution in [2.75, 3.05) is 35.7 Å². The largest absolute Gasteiger partial charge is 0.457 e. The maximum absolute atomic E-state index is 12.6. The van der Waals surface area contributed by atoms with Gasteiger partial charge in [-0.1, -0.05) is 30.1 Å². The maximum atomic E-state index is 12.6. The lowest BCUT2D eigenvalue weighted by Gasteiger charge is -2.25. The van der Waals surface area contributed by atoms with E-state index in [0.29, 0.717) is 22.8 Å². The minimum absolute atomic E-state index is 0. The molecule has 3 amide bonds. The van der Waals surface area contributed by atoms with E-state index in [-0.39, 0.29) is 25.4 Å². The molecule has 1 aliphatic heterocycles. The molecule has 4 aromatic rings. The van der Waals surface area contributed by atoms with E-state index in [4.69, 9.17) is 4.74 Å². The first-order valence-electron chi connectivity index (χ1n) is 11.9. The third-order valence-electron chi connectivity index (χ3n) is 6.19. The molecule has 1 aliphatic rings. The number of hydrogen-bond donors (Lipinski definition) is 2. The summed E-state index contributed by atoms with van der Waals surface area (Å²) in [5, 5.41) is 11.2. The van der Waals surface area contributed by atoms with Crippen LogP contribution in [0.5, 0.6) is 11.5 Å². The Hall–Kier alpha value is -4.44. The molecule has 1 aromatic heterocycles. The molecule has 10 heteroatoms. The van der Waals surface area contributed by atoms with Crippen LogP contribution in [-0.4, -0.2) is 52.6 Å².